The first-order valence-electron chi connectivity index (χ1n) is 9.06. The van der Waals surface area contributed by atoms with Crippen molar-refractivity contribution in [3.8, 4) is 0 Å². The zero-order valence-electron chi connectivity index (χ0n) is 16.1. The lowest BCUT2D eigenvalue weighted by molar-refractivity contribution is -0.684. The molecule has 0 fully saturated rings. The topological polar surface area (TPSA) is 48.4 Å². The number of rotatable bonds is 6. The fourth-order valence-corrected chi connectivity index (χ4v) is 2.79. The Morgan fingerprint density at radius 3 is 1.29 bits per heavy atom. The van der Waals surface area contributed by atoms with E-state index >= 15 is 0 Å². The Morgan fingerprint density at radius 1 is 0.643 bits per heavy atom. The molecule has 0 unspecified atom stereocenters. The molecule has 1 aromatic carbocycles. The van der Waals surface area contributed by atoms with Gasteiger partial charge in [0.15, 0.2) is 24.8 Å². The minimum Gasteiger partial charge on any atom is -0.310 e. The van der Waals surface area contributed by atoms with Gasteiger partial charge in [0.25, 0.3) is 11.8 Å². The Bertz CT molecular complexity index is 849. The van der Waals surface area contributed by atoms with Crippen LogP contribution in [0.15, 0.2) is 85.5 Å². The third kappa shape index (κ3) is 4.79. The first-order chi connectivity index (χ1) is 13.5. The SMILES string of the molecule is CN(C(=O)C[n+]1ccccc1)c1ccc(N(C)C(=O)C[n+]2ccccc2)cc1. The quantitative estimate of drug-likeness (QED) is 0.614. The Kier molecular flexibility index (Phi) is 6.11. The summed E-state index contributed by atoms with van der Waals surface area (Å²) in [5.41, 5.74) is 1.56. The maximum absolute atomic E-state index is 12.5. The highest BCUT2D eigenvalue weighted by Gasteiger charge is 2.18. The van der Waals surface area contributed by atoms with E-state index in [1.54, 1.807) is 23.9 Å². The van der Waals surface area contributed by atoms with E-state index in [0.29, 0.717) is 0 Å². The molecule has 2 amide bonds. The second-order valence-electron chi connectivity index (χ2n) is 6.52. The summed E-state index contributed by atoms with van der Waals surface area (Å²) < 4.78 is 3.67. The molecule has 0 radical (unpaired) electrons. The summed E-state index contributed by atoms with van der Waals surface area (Å²) >= 11 is 0. The molecule has 0 bridgehead atoms. The Morgan fingerprint density at radius 2 is 0.964 bits per heavy atom. The summed E-state index contributed by atoms with van der Waals surface area (Å²) in [6.07, 6.45) is 7.45. The lowest BCUT2D eigenvalue weighted by atomic mass is 10.2. The number of aromatic nitrogens is 2. The maximum Gasteiger partial charge on any atom is 0.292 e. The first-order valence-corrected chi connectivity index (χ1v) is 9.06. The lowest BCUT2D eigenvalue weighted by Crippen LogP contribution is -2.43. The molecule has 0 N–H and O–H groups in total. The van der Waals surface area contributed by atoms with Gasteiger partial charge in [0.05, 0.1) is 0 Å². The Balaban J connectivity index is 1.63. The van der Waals surface area contributed by atoms with Crippen LogP contribution in [-0.4, -0.2) is 25.9 Å². The molecule has 0 aliphatic heterocycles. The van der Waals surface area contributed by atoms with Crippen molar-refractivity contribution in [3.63, 3.8) is 0 Å². The minimum atomic E-state index is -0.0196. The van der Waals surface area contributed by atoms with Crippen LogP contribution < -0.4 is 18.9 Å². The number of hydrogen-bond donors (Lipinski definition) is 0. The van der Waals surface area contributed by atoms with Crippen LogP contribution in [0.3, 0.4) is 0 Å². The van der Waals surface area contributed by atoms with Crippen molar-refractivity contribution >= 4 is 23.2 Å². The molecule has 2 aromatic heterocycles. The van der Waals surface area contributed by atoms with Crippen molar-refractivity contribution in [3.05, 3.63) is 85.5 Å². The van der Waals surface area contributed by atoms with Crippen LogP contribution in [0, 0.1) is 0 Å². The number of benzene rings is 1. The van der Waals surface area contributed by atoms with Gasteiger partial charge in [-0.3, -0.25) is 9.59 Å². The molecule has 0 saturated carbocycles. The molecule has 28 heavy (non-hydrogen) atoms. The van der Waals surface area contributed by atoms with Crippen molar-refractivity contribution in [1.29, 1.82) is 0 Å². The monoisotopic (exact) mass is 376 g/mol. The summed E-state index contributed by atoms with van der Waals surface area (Å²) in [7, 11) is 3.50. The van der Waals surface area contributed by atoms with Gasteiger partial charge in [-0.15, -0.1) is 0 Å². The first kappa shape index (κ1) is 19.2. The molecule has 3 aromatic rings. The molecule has 0 atom stereocenters. The second kappa shape index (κ2) is 8.90. The van der Waals surface area contributed by atoms with E-state index in [1.807, 2.05) is 94.6 Å². The van der Waals surface area contributed by atoms with Gasteiger partial charge in [0, 0.05) is 49.7 Å². The van der Waals surface area contributed by atoms with Gasteiger partial charge in [-0.2, -0.15) is 9.13 Å². The van der Waals surface area contributed by atoms with E-state index in [4.69, 9.17) is 0 Å². The van der Waals surface area contributed by atoms with E-state index in [-0.39, 0.29) is 24.9 Å². The Hall–Kier alpha value is -3.54. The highest BCUT2D eigenvalue weighted by atomic mass is 16.2. The molecule has 142 valence electrons. The average molecular weight is 376 g/mol. The number of amides is 2. The summed E-state index contributed by atoms with van der Waals surface area (Å²) in [4.78, 5) is 28.2. The molecule has 2 heterocycles. The molecule has 0 saturated heterocycles. The van der Waals surface area contributed by atoms with Crippen LogP contribution in [0.25, 0.3) is 0 Å². The normalized spacial score (nSPS) is 10.4. The number of anilines is 2. The highest BCUT2D eigenvalue weighted by molar-refractivity contribution is 5.94. The van der Waals surface area contributed by atoms with Crippen LogP contribution in [0.1, 0.15) is 0 Å². The summed E-state index contributed by atoms with van der Waals surface area (Å²) in [6.45, 7) is 0.539. The van der Waals surface area contributed by atoms with E-state index < -0.39 is 0 Å². The van der Waals surface area contributed by atoms with Gasteiger partial charge in [-0.25, -0.2) is 0 Å². The highest BCUT2D eigenvalue weighted by Crippen LogP contribution is 2.19. The number of carbonyl (C=O) groups excluding carboxylic acids is 2. The van der Waals surface area contributed by atoms with Gasteiger partial charge >= 0.3 is 0 Å². The van der Waals surface area contributed by atoms with Gasteiger partial charge in [0.1, 0.15) is 0 Å². The molecule has 0 aliphatic carbocycles. The molecule has 6 heteroatoms. The molecular weight excluding hydrogens is 352 g/mol. The summed E-state index contributed by atoms with van der Waals surface area (Å²) in [6, 6.07) is 18.8. The fraction of sp³-hybridized carbons (Fsp3) is 0.182. The molecule has 0 spiro atoms. The van der Waals surface area contributed by atoms with E-state index in [1.165, 1.54) is 0 Å². The van der Waals surface area contributed by atoms with Crippen LogP contribution in [0.2, 0.25) is 0 Å². The van der Waals surface area contributed by atoms with Gasteiger partial charge in [-0.05, 0) is 24.3 Å². The molecular formula is C22H24N4O2+2. The number of hydrogen-bond acceptors (Lipinski definition) is 2. The smallest absolute Gasteiger partial charge is 0.292 e. The predicted octanol–water partition coefficient (Wildman–Crippen LogP) is 1.59. The summed E-state index contributed by atoms with van der Waals surface area (Å²) in [5, 5.41) is 0. The van der Waals surface area contributed by atoms with Gasteiger partial charge < -0.3 is 9.80 Å². The van der Waals surface area contributed by atoms with Crippen LogP contribution in [-0.2, 0) is 22.7 Å². The summed E-state index contributed by atoms with van der Waals surface area (Å²) in [5.74, 6) is -0.0392. The molecule has 3 rings (SSSR count). The average Bonchev–Trinajstić information content (AvgIpc) is 2.74. The lowest BCUT2D eigenvalue weighted by Gasteiger charge is -2.19. The number of nitrogens with zero attached hydrogens (tertiary/aromatic N) is 4. The van der Waals surface area contributed by atoms with Crippen LogP contribution >= 0.6 is 0 Å². The van der Waals surface area contributed by atoms with Crippen molar-refractivity contribution in [2.45, 2.75) is 13.1 Å². The zero-order valence-corrected chi connectivity index (χ0v) is 16.1. The third-order valence-corrected chi connectivity index (χ3v) is 4.56. The van der Waals surface area contributed by atoms with E-state index in [0.717, 1.165) is 11.4 Å². The standard InChI is InChI=1S/C22H24N4O2/c1-23(21(27)17-25-13-5-3-6-14-25)19-9-11-20(12-10-19)24(2)22(28)18-26-15-7-4-8-16-26/h3-16H,17-18H2,1-2H3/q+2. The van der Waals surface area contributed by atoms with Gasteiger partial charge in [-0.1, -0.05) is 12.1 Å². The van der Waals surface area contributed by atoms with Crippen LogP contribution in [0.4, 0.5) is 11.4 Å². The predicted molar refractivity (Wildman–Crippen MR) is 107 cm³/mol. The second-order valence-corrected chi connectivity index (χ2v) is 6.52. The maximum atomic E-state index is 12.5. The van der Waals surface area contributed by atoms with Crippen molar-refractivity contribution in [2.75, 3.05) is 23.9 Å². The van der Waals surface area contributed by atoms with Gasteiger partial charge in [0.2, 0.25) is 13.1 Å². The number of carbonyl (C=O) groups is 2. The minimum absolute atomic E-state index is 0.0196. The largest absolute Gasteiger partial charge is 0.310 e. The van der Waals surface area contributed by atoms with Crippen molar-refractivity contribution in [2.24, 2.45) is 0 Å². The Labute approximate surface area is 164 Å². The number of likely N-dealkylation sites (N-methyl/N-ethyl adjacent to an activating group) is 2. The number of pyridine rings is 2. The van der Waals surface area contributed by atoms with Crippen LogP contribution in [0.5, 0.6) is 0 Å². The fourth-order valence-electron chi connectivity index (χ4n) is 2.79. The zero-order chi connectivity index (χ0) is 19.9. The third-order valence-electron chi connectivity index (χ3n) is 4.56. The van der Waals surface area contributed by atoms with E-state index in [9.17, 15) is 9.59 Å². The molecule has 6 nitrogen and oxygen atoms in total. The van der Waals surface area contributed by atoms with E-state index in [2.05, 4.69) is 0 Å². The van der Waals surface area contributed by atoms with Crippen molar-refractivity contribution < 1.29 is 18.7 Å². The van der Waals surface area contributed by atoms with Crippen molar-refractivity contribution in [1.82, 2.24) is 0 Å². The molecule has 0 aliphatic rings.